The number of hydrogen-bond acceptors (Lipinski definition) is 7. The lowest BCUT2D eigenvalue weighted by atomic mass is 10.1. The number of nitrogens with zero attached hydrogens (tertiary/aromatic N) is 3. The van der Waals surface area contributed by atoms with Gasteiger partial charge in [0.1, 0.15) is 17.2 Å². The van der Waals surface area contributed by atoms with Crippen molar-refractivity contribution in [3.8, 4) is 17.2 Å². The summed E-state index contributed by atoms with van der Waals surface area (Å²) in [5.41, 5.74) is 4.80. The van der Waals surface area contributed by atoms with E-state index in [0.717, 1.165) is 70.8 Å². The van der Waals surface area contributed by atoms with Crippen LogP contribution in [0.2, 0.25) is 0 Å². The Morgan fingerprint density at radius 1 is 0.952 bits per heavy atom. The third-order valence-electron chi connectivity index (χ3n) is 7.73. The topological polar surface area (TPSA) is 79.4 Å². The molecule has 9 heteroatoms. The molecule has 2 aliphatic rings. The normalized spacial score (nSPS) is 17.2. The number of ether oxygens (including phenoxy) is 3. The summed E-state index contributed by atoms with van der Waals surface area (Å²) >= 11 is 1.37. The first-order chi connectivity index (χ1) is 20.6. The molecule has 216 valence electrons. The molecule has 0 radical (unpaired) electrons. The standard InChI is InChI=1S/C33H34N4O4S/c1-39-25-12-10-24(11-13-25)35-33-37(17-14-22-21-34-27-9-5-4-8-26(22)27)32(38)31(42-33)19-23-18-30(41-3)28(20-29(23)40-2)36-15-6-7-16-36/h4-5,8-13,18-21,34H,6-7,14-17H2,1-3H3/b31-19-,35-33?. The number of aromatic nitrogens is 1. The Morgan fingerprint density at radius 2 is 1.71 bits per heavy atom. The Balaban J connectivity index is 1.34. The van der Waals surface area contributed by atoms with E-state index in [0.29, 0.717) is 28.8 Å². The molecule has 8 nitrogen and oxygen atoms in total. The van der Waals surface area contributed by atoms with Gasteiger partial charge in [-0.3, -0.25) is 9.69 Å². The second-order valence-electron chi connectivity index (χ2n) is 10.2. The lowest BCUT2D eigenvalue weighted by molar-refractivity contribution is -0.122. The molecule has 2 saturated heterocycles. The Morgan fingerprint density at radius 3 is 2.45 bits per heavy atom. The molecule has 2 aliphatic heterocycles. The van der Waals surface area contributed by atoms with E-state index in [4.69, 9.17) is 19.2 Å². The van der Waals surface area contributed by atoms with E-state index in [-0.39, 0.29) is 5.91 Å². The molecule has 1 amide bonds. The van der Waals surface area contributed by atoms with Crippen LogP contribution in [0.5, 0.6) is 17.2 Å². The van der Waals surface area contributed by atoms with Gasteiger partial charge in [0.25, 0.3) is 5.91 Å². The maximum absolute atomic E-state index is 13.9. The number of fused-ring (bicyclic) bond motifs is 1. The van der Waals surface area contributed by atoms with Crippen molar-refractivity contribution in [2.24, 2.45) is 4.99 Å². The first-order valence-corrected chi connectivity index (χ1v) is 14.9. The van der Waals surface area contributed by atoms with Crippen LogP contribution in [0, 0.1) is 0 Å². The minimum absolute atomic E-state index is 0.0863. The van der Waals surface area contributed by atoms with Crippen molar-refractivity contribution in [2.45, 2.75) is 19.3 Å². The fraction of sp³-hybridized carbons (Fsp3) is 0.273. The Hall–Kier alpha value is -4.37. The number of amides is 1. The number of thioether (sulfide) groups is 1. The number of para-hydroxylation sites is 1. The number of hydrogen-bond donors (Lipinski definition) is 1. The Labute approximate surface area is 250 Å². The highest BCUT2D eigenvalue weighted by Crippen LogP contribution is 2.41. The van der Waals surface area contributed by atoms with Crippen LogP contribution < -0.4 is 19.1 Å². The largest absolute Gasteiger partial charge is 0.497 e. The van der Waals surface area contributed by atoms with Gasteiger partial charge in [-0.2, -0.15) is 0 Å². The number of aromatic amines is 1. The summed E-state index contributed by atoms with van der Waals surface area (Å²) < 4.78 is 16.9. The molecule has 3 heterocycles. The summed E-state index contributed by atoms with van der Waals surface area (Å²) in [4.78, 5) is 26.8. The number of anilines is 1. The third kappa shape index (κ3) is 5.56. The Kier molecular flexibility index (Phi) is 8.10. The summed E-state index contributed by atoms with van der Waals surface area (Å²) in [7, 11) is 4.97. The number of rotatable bonds is 9. The number of methoxy groups -OCH3 is 3. The lowest BCUT2D eigenvalue weighted by Gasteiger charge is -2.22. The van der Waals surface area contributed by atoms with Crippen LogP contribution in [0.4, 0.5) is 11.4 Å². The van der Waals surface area contributed by atoms with E-state index in [1.807, 2.05) is 60.8 Å². The highest BCUT2D eigenvalue weighted by Gasteiger charge is 2.34. The molecule has 0 atom stereocenters. The number of amidine groups is 1. The van der Waals surface area contributed by atoms with E-state index < -0.39 is 0 Å². The predicted molar refractivity (Wildman–Crippen MR) is 170 cm³/mol. The van der Waals surface area contributed by atoms with Crippen LogP contribution >= 0.6 is 11.8 Å². The van der Waals surface area contributed by atoms with E-state index in [2.05, 4.69) is 22.0 Å². The smallest absolute Gasteiger partial charge is 0.266 e. The first kappa shape index (κ1) is 27.8. The zero-order valence-electron chi connectivity index (χ0n) is 24.1. The van der Waals surface area contributed by atoms with Gasteiger partial charge in [-0.15, -0.1) is 0 Å². The molecule has 6 rings (SSSR count). The van der Waals surface area contributed by atoms with Crippen molar-refractivity contribution in [3.63, 3.8) is 0 Å². The van der Waals surface area contributed by atoms with Gasteiger partial charge in [-0.25, -0.2) is 4.99 Å². The summed E-state index contributed by atoms with van der Waals surface area (Å²) in [5.74, 6) is 2.13. The fourth-order valence-corrected chi connectivity index (χ4v) is 6.51. The van der Waals surface area contributed by atoms with E-state index in [1.165, 1.54) is 11.8 Å². The number of nitrogens with one attached hydrogen (secondary N) is 1. The minimum atomic E-state index is -0.0863. The zero-order chi connectivity index (χ0) is 29.1. The van der Waals surface area contributed by atoms with E-state index >= 15 is 0 Å². The number of H-pyrrole nitrogens is 1. The third-order valence-corrected chi connectivity index (χ3v) is 8.74. The van der Waals surface area contributed by atoms with Crippen LogP contribution in [0.3, 0.4) is 0 Å². The molecule has 2 fully saturated rings. The van der Waals surface area contributed by atoms with Gasteiger partial charge in [-0.1, -0.05) is 18.2 Å². The average Bonchev–Trinajstić information content (AvgIpc) is 3.77. The monoisotopic (exact) mass is 582 g/mol. The molecule has 1 aromatic heterocycles. The zero-order valence-corrected chi connectivity index (χ0v) is 24.9. The Bertz CT molecular complexity index is 1650. The number of carbonyl (C=O) groups is 1. The van der Waals surface area contributed by atoms with Crippen LogP contribution in [0.1, 0.15) is 24.0 Å². The molecule has 0 spiro atoms. The van der Waals surface area contributed by atoms with Crippen molar-refractivity contribution >= 4 is 51.2 Å². The van der Waals surface area contributed by atoms with Gasteiger partial charge in [-0.05, 0) is 79.1 Å². The van der Waals surface area contributed by atoms with E-state index in [1.54, 1.807) is 26.2 Å². The van der Waals surface area contributed by atoms with Gasteiger partial charge < -0.3 is 24.1 Å². The van der Waals surface area contributed by atoms with E-state index in [9.17, 15) is 4.79 Å². The summed E-state index contributed by atoms with van der Waals surface area (Å²) in [6, 6.07) is 19.7. The maximum atomic E-state index is 13.9. The second kappa shape index (κ2) is 12.2. The predicted octanol–water partition coefficient (Wildman–Crippen LogP) is 6.64. The van der Waals surface area contributed by atoms with Crippen LogP contribution in [-0.4, -0.2) is 61.9 Å². The van der Waals surface area contributed by atoms with Crippen molar-refractivity contribution < 1.29 is 19.0 Å². The van der Waals surface area contributed by atoms with Gasteiger partial charge in [0, 0.05) is 48.4 Å². The molecule has 4 aromatic rings. The molecule has 0 unspecified atom stereocenters. The number of aliphatic imine (C=N–C) groups is 1. The fourth-order valence-electron chi connectivity index (χ4n) is 5.49. The maximum Gasteiger partial charge on any atom is 0.266 e. The van der Waals surface area contributed by atoms with Crippen molar-refractivity contribution in [3.05, 3.63) is 82.9 Å². The van der Waals surface area contributed by atoms with Crippen LogP contribution in [-0.2, 0) is 11.2 Å². The van der Waals surface area contributed by atoms with Crippen LogP contribution in [0.15, 0.2) is 76.8 Å². The quantitative estimate of drug-likeness (QED) is 0.223. The number of carbonyl (C=O) groups excluding carboxylic acids is 1. The molecule has 0 saturated carbocycles. The molecular weight excluding hydrogens is 548 g/mol. The van der Waals surface area contributed by atoms with Gasteiger partial charge in [0.2, 0.25) is 0 Å². The first-order valence-electron chi connectivity index (χ1n) is 14.1. The summed E-state index contributed by atoms with van der Waals surface area (Å²) in [5, 5.41) is 1.80. The lowest BCUT2D eigenvalue weighted by Crippen LogP contribution is -2.31. The molecule has 3 aromatic carbocycles. The summed E-state index contributed by atoms with van der Waals surface area (Å²) in [6.45, 7) is 2.48. The van der Waals surface area contributed by atoms with Crippen molar-refractivity contribution in [1.29, 1.82) is 0 Å². The summed E-state index contributed by atoms with van der Waals surface area (Å²) in [6.07, 6.45) is 6.92. The van der Waals surface area contributed by atoms with Crippen molar-refractivity contribution in [1.82, 2.24) is 9.88 Å². The van der Waals surface area contributed by atoms with Gasteiger partial charge >= 0.3 is 0 Å². The minimum Gasteiger partial charge on any atom is -0.497 e. The molecular formula is C33H34N4O4S. The highest BCUT2D eigenvalue weighted by molar-refractivity contribution is 8.18. The molecule has 0 bridgehead atoms. The molecule has 42 heavy (non-hydrogen) atoms. The molecule has 0 aliphatic carbocycles. The van der Waals surface area contributed by atoms with Gasteiger partial charge in [0.15, 0.2) is 5.17 Å². The van der Waals surface area contributed by atoms with Gasteiger partial charge in [0.05, 0.1) is 37.6 Å². The number of benzene rings is 3. The average molecular weight is 583 g/mol. The highest BCUT2D eigenvalue weighted by atomic mass is 32.2. The SMILES string of the molecule is COc1ccc(N=C2S/C(=C\c3cc(OC)c(N4CCCC4)cc3OC)C(=O)N2CCc2c[nH]c3ccccc23)cc1. The van der Waals surface area contributed by atoms with Crippen LogP contribution in [0.25, 0.3) is 17.0 Å². The molecule has 1 N–H and O–H groups in total. The van der Waals surface area contributed by atoms with Crippen molar-refractivity contribution in [2.75, 3.05) is 45.9 Å². The second-order valence-corrected chi connectivity index (χ2v) is 11.2.